The first-order chi connectivity index (χ1) is 10.2. The second-order valence-electron chi connectivity index (χ2n) is 4.32. The maximum Gasteiger partial charge on any atom is 0.184 e. The first-order valence-corrected chi connectivity index (χ1v) is 6.86. The zero-order chi connectivity index (χ0) is 15.2. The molecule has 0 radical (unpaired) electrons. The number of hydrogen-bond donors (Lipinski definition) is 1. The lowest BCUT2D eigenvalue weighted by molar-refractivity contribution is 0.271. The molecule has 0 aliphatic rings. The molecule has 0 aliphatic carbocycles. The number of rotatable bonds is 5. The van der Waals surface area contributed by atoms with Gasteiger partial charge in [0, 0.05) is 16.7 Å². The molecule has 0 amide bonds. The van der Waals surface area contributed by atoms with Crippen LogP contribution in [-0.4, -0.2) is 6.61 Å². The van der Waals surface area contributed by atoms with E-state index in [2.05, 4.69) is 0 Å². The van der Waals surface area contributed by atoms with Gasteiger partial charge in [0.15, 0.2) is 11.5 Å². The van der Waals surface area contributed by atoms with E-state index in [1.165, 1.54) is 0 Å². The van der Waals surface area contributed by atoms with Gasteiger partial charge >= 0.3 is 0 Å². The number of nitrogen functional groups attached to an aromatic ring is 1. The summed E-state index contributed by atoms with van der Waals surface area (Å²) in [7, 11) is 0. The molecule has 108 valence electrons. The van der Waals surface area contributed by atoms with E-state index in [9.17, 15) is 0 Å². The van der Waals surface area contributed by atoms with Gasteiger partial charge in [0.05, 0.1) is 23.9 Å². The van der Waals surface area contributed by atoms with E-state index >= 15 is 0 Å². The van der Waals surface area contributed by atoms with E-state index in [1.807, 2.05) is 31.2 Å². The second kappa shape index (κ2) is 6.87. The van der Waals surface area contributed by atoms with E-state index in [0.717, 1.165) is 5.56 Å². The molecule has 0 aliphatic heterocycles. The molecule has 2 N–H and O–H groups in total. The summed E-state index contributed by atoms with van der Waals surface area (Å²) in [6.07, 6.45) is 0. The second-order valence-corrected chi connectivity index (χ2v) is 4.72. The molecule has 4 nitrogen and oxygen atoms in total. The lowest BCUT2D eigenvalue weighted by Gasteiger charge is -2.15. The summed E-state index contributed by atoms with van der Waals surface area (Å²) >= 11 is 6.09. The van der Waals surface area contributed by atoms with Crippen LogP contribution in [0.2, 0.25) is 5.02 Å². The highest BCUT2D eigenvalue weighted by Gasteiger charge is 2.12. The molecule has 2 aromatic rings. The SMILES string of the molecule is CCOc1cc(C#N)cc(N)c1OCc1ccccc1Cl. The molecule has 5 heteroatoms. The fraction of sp³-hybridized carbons (Fsp3) is 0.188. The Morgan fingerprint density at radius 3 is 2.67 bits per heavy atom. The lowest BCUT2D eigenvalue weighted by atomic mass is 10.2. The molecule has 2 aromatic carbocycles. The molecule has 0 atom stereocenters. The average molecular weight is 303 g/mol. The zero-order valence-electron chi connectivity index (χ0n) is 11.6. The molecule has 0 unspecified atom stereocenters. The van der Waals surface area contributed by atoms with Crippen LogP contribution < -0.4 is 15.2 Å². The van der Waals surface area contributed by atoms with Gasteiger partial charge in [-0.05, 0) is 19.1 Å². The van der Waals surface area contributed by atoms with Crippen molar-refractivity contribution in [2.45, 2.75) is 13.5 Å². The molecule has 2 rings (SSSR count). The molecule has 0 saturated heterocycles. The Morgan fingerprint density at radius 1 is 1.24 bits per heavy atom. The summed E-state index contributed by atoms with van der Waals surface area (Å²) in [6.45, 7) is 2.58. The normalized spacial score (nSPS) is 9.95. The number of benzene rings is 2. The topological polar surface area (TPSA) is 68.3 Å². The third-order valence-electron chi connectivity index (χ3n) is 2.84. The van der Waals surface area contributed by atoms with E-state index in [4.69, 9.17) is 32.1 Å². The van der Waals surface area contributed by atoms with Gasteiger partial charge in [-0.1, -0.05) is 29.8 Å². The summed E-state index contributed by atoms with van der Waals surface area (Å²) in [5, 5.41) is 9.60. The predicted molar refractivity (Wildman–Crippen MR) is 82.5 cm³/mol. The minimum Gasteiger partial charge on any atom is -0.490 e. The molecule has 0 heterocycles. The summed E-state index contributed by atoms with van der Waals surface area (Å²) in [5.41, 5.74) is 7.59. The maximum atomic E-state index is 8.97. The zero-order valence-corrected chi connectivity index (χ0v) is 12.4. The number of ether oxygens (including phenoxy) is 2. The van der Waals surface area contributed by atoms with Crippen molar-refractivity contribution in [3.05, 3.63) is 52.5 Å². The third-order valence-corrected chi connectivity index (χ3v) is 3.21. The summed E-state index contributed by atoms with van der Waals surface area (Å²) in [5.74, 6) is 0.886. The molecular weight excluding hydrogens is 288 g/mol. The third kappa shape index (κ3) is 3.59. The Bertz CT molecular complexity index is 680. The molecule has 0 spiro atoms. The van der Waals surface area contributed by atoms with Crippen LogP contribution in [-0.2, 0) is 6.61 Å². The van der Waals surface area contributed by atoms with Gasteiger partial charge < -0.3 is 15.2 Å². The summed E-state index contributed by atoms with van der Waals surface area (Å²) in [4.78, 5) is 0. The smallest absolute Gasteiger partial charge is 0.184 e. The van der Waals surface area contributed by atoms with Gasteiger partial charge in [-0.15, -0.1) is 0 Å². The van der Waals surface area contributed by atoms with Crippen molar-refractivity contribution in [2.24, 2.45) is 0 Å². The van der Waals surface area contributed by atoms with Crippen LogP contribution in [0.25, 0.3) is 0 Å². The maximum absolute atomic E-state index is 8.97. The van der Waals surface area contributed by atoms with Crippen molar-refractivity contribution in [1.82, 2.24) is 0 Å². The number of anilines is 1. The number of nitriles is 1. The van der Waals surface area contributed by atoms with Crippen molar-refractivity contribution >= 4 is 17.3 Å². The highest BCUT2D eigenvalue weighted by molar-refractivity contribution is 6.31. The summed E-state index contributed by atoms with van der Waals surface area (Å²) < 4.78 is 11.2. The van der Waals surface area contributed by atoms with Crippen LogP contribution >= 0.6 is 11.6 Å². The van der Waals surface area contributed by atoms with Crippen molar-refractivity contribution in [3.8, 4) is 17.6 Å². The number of nitrogens with zero attached hydrogens (tertiary/aromatic N) is 1. The lowest BCUT2D eigenvalue weighted by Crippen LogP contribution is -2.03. The highest BCUT2D eigenvalue weighted by Crippen LogP contribution is 2.36. The van der Waals surface area contributed by atoms with Crippen LogP contribution in [0.15, 0.2) is 36.4 Å². The Hall–Kier alpha value is -2.38. The quantitative estimate of drug-likeness (QED) is 0.854. The monoisotopic (exact) mass is 302 g/mol. The Labute approximate surface area is 128 Å². The summed E-state index contributed by atoms with van der Waals surface area (Å²) in [6, 6.07) is 12.6. The van der Waals surface area contributed by atoms with Gasteiger partial charge in [-0.3, -0.25) is 0 Å². The van der Waals surface area contributed by atoms with Gasteiger partial charge in [0.1, 0.15) is 6.61 Å². The van der Waals surface area contributed by atoms with E-state index < -0.39 is 0 Å². The number of nitrogens with two attached hydrogens (primary N) is 1. The Morgan fingerprint density at radius 2 is 2.00 bits per heavy atom. The van der Waals surface area contributed by atoms with Gasteiger partial charge in [-0.2, -0.15) is 5.26 Å². The van der Waals surface area contributed by atoms with Crippen LogP contribution in [0.5, 0.6) is 11.5 Å². The minimum atomic E-state index is 0.274. The standard InChI is InChI=1S/C16H15ClN2O2/c1-2-20-15-8-11(9-18)7-14(19)16(15)21-10-12-5-3-4-6-13(12)17/h3-8H,2,10,19H2,1H3. The average Bonchev–Trinajstić information content (AvgIpc) is 2.48. The molecule has 0 saturated carbocycles. The van der Waals surface area contributed by atoms with E-state index in [0.29, 0.717) is 34.4 Å². The fourth-order valence-electron chi connectivity index (χ4n) is 1.87. The molecule has 21 heavy (non-hydrogen) atoms. The fourth-order valence-corrected chi connectivity index (χ4v) is 2.06. The van der Waals surface area contributed by atoms with Gasteiger partial charge in [0.2, 0.25) is 0 Å². The van der Waals surface area contributed by atoms with Crippen LogP contribution in [0, 0.1) is 11.3 Å². The Balaban J connectivity index is 2.27. The molecule has 0 aromatic heterocycles. The predicted octanol–water partition coefficient (Wildman–Crippen LogP) is 3.77. The van der Waals surface area contributed by atoms with Crippen LogP contribution in [0.3, 0.4) is 0 Å². The van der Waals surface area contributed by atoms with Crippen molar-refractivity contribution in [2.75, 3.05) is 12.3 Å². The van der Waals surface area contributed by atoms with Crippen molar-refractivity contribution in [3.63, 3.8) is 0 Å². The Kier molecular flexibility index (Phi) is 4.91. The largest absolute Gasteiger partial charge is 0.490 e. The van der Waals surface area contributed by atoms with E-state index in [1.54, 1.807) is 18.2 Å². The first-order valence-electron chi connectivity index (χ1n) is 6.48. The van der Waals surface area contributed by atoms with Gasteiger partial charge in [-0.25, -0.2) is 0 Å². The molecule has 0 fully saturated rings. The van der Waals surface area contributed by atoms with Crippen LogP contribution in [0.1, 0.15) is 18.1 Å². The molecular formula is C16H15ClN2O2. The van der Waals surface area contributed by atoms with Crippen molar-refractivity contribution in [1.29, 1.82) is 5.26 Å². The number of hydrogen-bond acceptors (Lipinski definition) is 4. The first kappa shape index (κ1) is 15.0. The highest BCUT2D eigenvalue weighted by atomic mass is 35.5. The number of halogens is 1. The van der Waals surface area contributed by atoms with E-state index in [-0.39, 0.29) is 6.61 Å². The minimum absolute atomic E-state index is 0.274. The molecule has 0 bridgehead atoms. The van der Waals surface area contributed by atoms with Crippen molar-refractivity contribution < 1.29 is 9.47 Å². The van der Waals surface area contributed by atoms with Crippen LogP contribution in [0.4, 0.5) is 5.69 Å². The van der Waals surface area contributed by atoms with Gasteiger partial charge in [0.25, 0.3) is 0 Å².